The van der Waals surface area contributed by atoms with Crippen molar-refractivity contribution in [1.29, 1.82) is 0 Å². The molecule has 1 amide bonds. The van der Waals surface area contributed by atoms with Gasteiger partial charge in [0, 0.05) is 11.3 Å². The summed E-state index contributed by atoms with van der Waals surface area (Å²) < 4.78 is 19.5. The number of hydrogen-bond donors (Lipinski definition) is 0. The van der Waals surface area contributed by atoms with Crippen LogP contribution in [0.2, 0.25) is 18.1 Å². The molecule has 1 aliphatic rings. The molecular formula is C22H26FNO2Si. The number of anilines is 1. The monoisotopic (exact) mass is 383 g/mol. The average Bonchev–Trinajstić information content (AvgIpc) is 2.60. The molecule has 27 heavy (non-hydrogen) atoms. The van der Waals surface area contributed by atoms with Gasteiger partial charge in [-0.2, -0.15) is 0 Å². The molecule has 1 saturated heterocycles. The Balaban J connectivity index is 1.82. The minimum atomic E-state index is -1.90. The molecule has 1 aliphatic heterocycles. The molecule has 142 valence electrons. The minimum Gasteiger partial charge on any atom is -0.544 e. The summed E-state index contributed by atoms with van der Waals surface area (Å²) in [5.41, 5.74) is 2.17. The molecule has 0 radical (unpaired) electrons. The van der Waals surface area contributed by atoms with E-state index in [1.54, 1.807) is 17.0 Å². The van der Waals surface area contributed by atoms with Crippen LogP contribution in [-0.4, -0.2) is 14.2 Å². The first-order chi connectivity index (χ1) is 12.5. The fourth-order valence-corrected chi connectivity index (χ4v) is 3.89. The third kappa shape index (κ3) is 3.56. The van der Waals surface area contributed by atoms with Crippen LogP contribution in [0, 0.1) is 5.82 Å². The van der Waals surface area contributed by atoms with E-state index in [-0.39, 0.29) is 22.8 Å². The van der Waals surface area contributed by atoms with Crippen LogP contribution >= 0.6 is 0 Å². The summed E-state index contributed by atoms with van der Waals surface area (Å²) in [6.07, 6.45) is 0. The van der Waals surface area contributed by atoms with Crippen molar-refractivity contribution in [1.82, 2.24) is 0 Å². The zero-order chi connectivity index (χ0) is 20.0. The van der Waals surface area contributed by atoms with E-state index in [0.29, 0.717) is 11.3 Å². The van der Waals surface area contributed by atoms with Crippen LogP contribution in [0.5, 0.6) is 5.75 Å². The first-order valence-electron chi connectivity index (χ1n) is 9.08. The standard InChI is InChI=1S/C22H26FNO2Si/c1-15-20(24(21(15)25)18-11-9-17(23)10-12-18)16-7-13-19(14-8-16)26-27(5,6)22(2,3)4/h7-14,20H,1H2,2-6H3/t20-/m0/s1. The number of rotatable bonds is 4. The molecule has 0 unspecified atom stereocenters. The third-order valence-corrected chi connectivity index (χ3v) is 9.92. The van der Waals surface area contributed by atoms with Crippen LogP contribution in [0.4, 0.5) is 10.1 Å². The van der Waals surface area contributed by atoms with Gasteiger partial charge < -0.3 is 4.43 Å². The molecule has 0 N–H and O–H groups in total. The largest absolute Gasteiger partial charge is 0.544 e. The van der Waals surface area contributed by atoms with Gasteiger partial charge in [-0.3, -0.25) is 9.69 Å². The molecule has 1 atom stereocenters. The van der Waals surface area contributed by atoms with Gasteiger partial charge in [-0.25, -0.2) is 4.39 Å². The van der Waals surface area contributed by atoms with E-state index in [4.69, 9.17) is 4.43 Å². The van der Waals surface area contributed by atoms with Crippen LogP contribution in [0.15, 0.2) is 60.7 Å². The van der Waals surface area contributed by atoms with Crippen molar-refractivity contribution in [2.24, 2.45) is 0 Å². The number of halogens is 1. The molecule has 2 aromatic carbocycles. The molecule has 0 saturated carbocycles. The minimum absolute atomic E-state index is 0.125. The Kier molecular flexibility index (Phi) is 4.76. The molecule has 0 aromatic heterocycles. The summed E-state index contributed by atoms with van der Waals surface area (Å²) in [7, 11) is -1.90. The number of benzene rings is 2. The Morgan fingerprint density at radius 1 is 1.04 bits per heavy atom. The maximum absolute atomic E-state index is 13.2. The lowest BCUT2D eigenvalue weighted by Crippen LogP contribution is -2.48. The second-order valence-corrected chi connectivity index (χ2v) is 13.2. The highest BCUT2D eigenvalue weighted by Crippen LogP contribution is 2.43. The van der Waals surface area contributed by atoms with Crippen molar-refractivity contribution in [2.45, 2.75) is 44.9 Å². The molecule has 1 heterocycles. The Morgan fingerprint density at radius 2 is 1.59 bits per heavy atom. The van der Waals surface area contributed by atoms with Gasteiger partial charge >= 0.3 is 0 Å². The summed E-state index contributed by atoms with van der Waals surface area (Å²) in [5.74, 6) is 0.386. The van der Waals surface area contributed by atoms with Gasteiger partial charge in [0.1, 0.15) is 11.6 Å². The van der Waals surface area contributed by atoms with Crippen LogP contribution in [0.1, 0.15) is 32.4 Å². The topological polar surface area (TPSA) is 29.5 Å². The van der Waals surface area contributed by atoms with Crippen LogP contribution in [0.25, 0.3) is 0 Å². The maximum atomic E-state index is 13.2. The molecule has 0 aliphatic carbocycles. The van der Waals surface area contributed by atoms with E-state index in [2.05, 4.69) is 40.4 Å². The summed E-state index contributed by atoms with van der Waals surface area (Å²) >= 11 is 0. The highest BCUT2D eigenvalue weighted by molar-refractivity contribution is 6.74. The lowest BCUT2D eigenvalue weighted by molar-refractivity contribution is -0.118. The van der Waals surface area contributed by atoms with E-state index in [0.717, 1.165) is 11.3 Å². The lowest BCUT2D eigenvalue weighted by atomic mass is 9.88. The first-order valence-corrected chi connectivity index (χ1v) is 12.0. The van der Waals surface area contributed by atoms with Crippen molar-refractivity contribution in [3.8, 4) is 5.75 Å². The molecule has 1 fully saturated rings. The van der Waals surface area contributed by atoms with Gasteiger partial charge in [0.05, 0.1) is 6.04 Å². The second kappa shape index (κ2) is 6.64. The van der Waals surface area contributed by atoms with Crippen molar-refractivity contribution in [3.05, 3.63) is 72.1 Å². The van der Waals surface area contributed by atoms with Gasteiger partial charge in [-0.1, -0.05) is 39.5 Å². The molecule has 3 nitrogen and oxygen atoms in total. The highest BCUT2D eigenvalue weighted by Gasteiger charge is 2.43. The SMILES string of the molecule is C=C1C(=O)N(c2ccc(F)cc2)[C@@H]1c1ccc(O[Si](C)(C)C(C)(C)C)cc1. The quantitative estimate of drug-likeness (QED) is 0.376. The number of β-lactam (4-membered cyclic amide) rings is 1. The van der Waals surface area contributed by atoms with E-state index >= 15 is 0 Å². The van der Waals surface area contributed by atoms with Crippen molar-refractivity contribution >= 4 is 19.9 Å². The molecule has 3 rings (SSSR count). The molecular weight excluding hydrogens is 357 g/mol. The van der Waals surface area contributed by atoms with E-state index in [1.807, 2.05) is 24.3 Å². The number of amides is 1. The van der Waals surface area contributed by atoms with Gasteiger partial charge in [-0.05, 0) is 60.1 Å². The maximum Gasteiger partial charge on any atom is 0.256 e. The average molecular weight is 384 g/mol. The summed E-state index contributed by atoms with van der Waals surface area (Å²) in [6, 6.07) is 13.6. The van der Waals surface area contributed by atoms with Crippen LogP contribution < -0.4 is 9.33 Å². The molecule has 0 bridgehead atoms. The zero-order valence-corrected chi connectivity index (χ0v) is 17.5. The number of carbonyl (C=O) groups is 1. The Morgan fingerprint density at radius 3 is 2.11 bits per heavy atom. The fraction of sp³-hybridized carbons (Fsp3) is 0.318. The van der Waals surface area contributed by atoms with Gasteiger partial charge in [0.2, 0.25) is 8.32 Å². The van der Waals surface area contributed by atoms with E-state index < -0.39 is 8.32 Å². The predicted molar refractivity (Wildman–Crippen MR) is 110 cm³/mol. The van der Waals surface area contributed by atoms with E-state index in [9.17, 15) is 9.18 Å². The van der Waals surface area contributed by atoms with Crippen molar-refractivity contribution < 1.29 is 13.6 Å². The predicted octanol–water partition coefficient (Wildman–Crippen LogP) is 5.85. The molecule has 0 spiro atoms. The first kappa shape index (κ1) is 19.4. The zero-order valence-electron chi connectivity index (χ0n) is 16.5. The summed E-state index contributed by atoms with van der Waals surface area (Å²) in [4.78, 5) is 14.0. The van der Waals surface area contributed by atoms with Crippen molar-refractivity contribution in [3.63, 3.8) is 0 Å². The summed E-state index contributed by atoms with van der Waals surface area (Å²) in [5, 5.41) is 0.125. The Hall–Kier alpha value is -2.40. The van der Waals surface area contributed by atoms with Gasteiger partial charge in [0.15, 0.2) is 0 Å². The third-order valence-electron chi connectivity index (χ3n) is 5.56. The second-order valence-electron chi connectivity index (χ2n) is 8.51. The number of hydrogen-bond acceptors (Lipinski definition) is 2. The Labute approximate surface area is 161 Å². The van der Waals surface area contributed by atoms with Gasteiger partial charge in [0.25, 0.3) is 5.91 Å². The van der Waals surface area contributed by atoms with Crippen LogP contribution in [0.3, 0.4) is 0 Å². The normalized spacial score (nSPS) is 17.7. The Bertz CT molecular complexity index is 867. The van der Waals surface area contributed by atoms with Gasteiger partial charge in [-0.15, -0.1) is 0 Å². The number of nitrogens with zero attached hydrogens (tertiary/aromatic N) is 1. The number of carbonyl (C=O) groups excluding carboxylic acids is 1. The van der Waals surface area contributed by atoms with E-state index in [1.165, 1.54) is 12.1 Å². The smallest absolute Gasteiger partial charge is 0.256 e. The summed E-state index contributed by atoms with van der Waals surface area (Å²) in [6.45, 7) is 15.0. The molecule has 5 heteroatoms. The molecule has 2 aromatic rings. The lowest BCUT2D eigenvalue weighted by Gasteiger charge is -2.42. The van der Waals surface area contributed by atoms with Crippen molar-refractivity contribution in [2.75, 3.05) is 4.90 Å². The highest BCUT2D eigenvalue weighted by atomic mass is 28.4. The van der Waals surface area contributed by atoms with Crippen LogP contribution in [-0.2, 0) is 4.79 Å². The fourth-order valence-electron chi connectivity index (χ4n) is 2.86.